The van der Waals surface area contributed by atoms with E-state index in [1.165, 1.54) is 18.7 Å². The van der Waals surface area contributed by atoms with E-state index in [1.54, 1.807) is 0 Å². The van der Waals surface area contributed by atoms with E-state index in [9.17, 15) is 18.3 Å². The number of carbonyl (C=O) groups is 1. The van der Waals surface area contributed by atoms with Crippen LogP contribution in [0, 0.1) is 5.92 Å². The minimum Gasteiger partial charge on any atom is -0.481 e. The van der Waals surface area contributed by atoms with Crippen LogP contribution in [0.5, 0.6) is 0 Å². The maximum atomic E-state index is 12.9. The summed E-state index contributed by atoms with van der Waals surface area (Å²) in [4.78, 5) is 10.8. The van der Waals surface area contributed by atoms with Gasteiger partial charge < -0.3 is 15.5 Å². The lowest BCUT2D eigenvalue weighted by Gasteiger charge is -2.29. The lowest BCUT2D eigenvalue weighted by atomic mass is 9.95. The standard InChI is InChI=1S/C23H35ClN2O5S2/c1-23(2,13-7-10-17-8-5-4-6-9-17)25-15-19(27)16-26(3)33(30,31)21-14-18(22(24)32-21)11-12-20(28)29/h4-6,8-9,14,18-19,22,25,27H,7,10-13,15-16H2,1-3H3,(H,28,29)/t18?,19-,22?/m1/s1. The Morgan fingerprint density at radius 2 is 1.97 bits per heavy atom. The predicted molar refractivity (Wildman–Crippen MR) is 135 cm³/mol. The molecule has 186 valence electrons. The third-order valence-electron chi connectivity index (χ3n) is 5.67. The summed E-state index contributed by atoms with van der Waals surface area (Å²) in [6.45, 7) is 4.36. The molecule has 1 aromatic carbocycles. The molecule has 1 aromatic rings. The summed E-state index contributed by atoms with van der Waals surface area (Å²) < 4.78 is 26.5. The Bertz CT molecular complexity index is 909. The van der Waals surface area contributed by atoms with Crippen LogP contribution in [0.15, 0.2) is 40.6 Å². The van der Waals surface area contributed by atoms with Gasteiger partial charge in [0.2, 0.25) is 10.0 Å². The topological polar surface area (TPSA) is 107 Å². The second-order valence-electron chi connectivity index (χ2n) is 9.09. The molecule has 0 saturated heterocycles. The molecule has 0 aliphatic carbocycles. The first-order chi connectivity index (χ1) is 15.4. The Morgan fingerprint density at radius 3 is 2.61 bits per heavy atom. The summed E-state index contributed by atoms with van der Waals surface area (Å²) in [5.41, 5.74) is 1.10. The number of aryl methyl sites for hydroxylation is 1. The maximum absolute atomic E-state index is 12.9. The summed E-state index contributed by atoms with van der Waals surface area (Å²) in [6.07, 6.45) is 3.78. The van der Waals surface area contributed by atoms with Crippen LogP contribution in [0.3, 0.4) is 0 Å². The predicted octanol–water partition coefficient (Wildman–Crippen LogP) is 3.63. The molecule has 33 heavy (non-hydrogen) atoms. The Hall–Kier alpha value is -1.10. The van der Waals surface area contributed by atoms with Crippen LogP contribution in [-0.2, 0) is 21.2 Å². The van der Waals surface area contributed by atoms with Crippen molar-refractivity contribution in [1.82, 2.24) is 9.62 Å². The van der Waals surface area contributed by atoms with Crippen molar-refractivity contribution >= 4 is 39.4 Å². The summed E-state index contributed by atoms with van der Waals surface area (Å²) in [7, 11) is -2.37. The molecule has 0 spiro atoms. The number of nitrogens with one attached hydrogen (secondary N) is 1. The van der Waals surface area contributed by atoms with Gasteiger partial charge in [-0.25, -0.2) is 8.42 Å². The van der Waals surface area contributed by atoms with Crippen LogP contribution in [0.4, 0.5) is 0 Å². The number of halogens is 1. The van der Waals surface area contributed by atoms with E-state index in [2.05, 4.69) is 31.3 Å². The fourth-order valence-corrected chi connectivity index (χ4v) is 7.33. The molecule has 1 heterocycles. The molecular formula is C23H35ClN2O5S2. The molecule has 2 rings (SSSR count). The summed E-state index contributed by atoms with van der Waals surface area (Å²) >= 11 is 7.25. The molecule has 0 radical (unpaired) electrons. The monoisotopic (exact) mass is 518 g/mol. The number of benzene rings is 1. The quantitative estimate of drug-likeness (QED) is 0.323. The fourth-order valence-electron chi connectivity index (χ4n) is 3.61. The number of aliphatic carboxylic acids is 1. The first-order valence-corrected chi connectivity index (χ1v) is 13.8. The minimum atomic E-state index is -3.80. The average molecular weight is 519 g/mol. The molecule has 7 nitrogen and oxygen atoms in total. The van der Waals surface area contributed by atoms with Crippen molar-refractivity contribution < 1.29 is 23.4 Å². The van der Waals surface area contributed by atoms with Crippen molar-refractivity contribution in [3.05, 3.63) is 46.2 Å². The van der Waals surface area contributed by atoms with Crippen molar-refractivity contribution in [1.29, 1.82) is 0 Å². The zero-order valence-corrected chi connectivity index (χ0v) is 21.8. The molecule has 10 heteroatoms. The van der Waals surface area contributed by atoms with Gasteiger partial charge in [0.25, 0.3) is 0 Å². The van der Waals surface area contributed by atoms with Gasteiger partial charge in [-0.05, 0) is 45.1 Å². The number of carboxylic acids is 1. The number of alkyl halides is 1. The van der Waals surface area contributed by atoms with Crippen LogP contribution in [0.2, 0.25) is 0 Å². The number of β-amino-alcohol motifs (C(OH)–C–C–N with tert-alkyl or cyclic N) is 1. The third kappa shape index (κ3) is 9.22. The highest BCUT2D eigenvalue weighted by atomic mass is 35.5. The number of aliphatic hydroxyl groups excluding tert-OH is 1. The number of thioether (sulfide) groups is 1. The SMILES string of the molecule is CN(C[C@H](O)CNC(C)(C)CCCc1ccccc1)S(=O)(=O)C1=CC(CCC(=O)O)C(Cl)S1. The van der Waals surface area contributed by atoms with E-state index in [4.69, 9.17) is 16.7 Å². The van der Waals surface area contributed by atoms with Crippen molar-refractivity contribution in [2.45, 2.75) is 62.3 Å². The molecular weight excluding hydrogens is 484 g/mol. The number of aliphatic hydroxyl groups is 1. The minimum absolute atomic E-state index is 0.0555. The van der Waals surface area contributed by atoms with Gasteiger partial charge in [-0.2, -0.15) is 4.31 Å². The van der Waals surface area contributed by atoms with Crippen LogP contribution in [0.1, 0.15) is 45.1 Å². The molecule has 0 aromatic heterocycles. The van der Waals surface area contributed by atoms with Gasteiger partial charge in [0.1, 0.15) is 4.24 Å². The molecule has 0 amide bonds. The van der Waals surface area contributed by atoms with Crippen LogP contribution < -0.4 is 5.32 Å². The fraction of sp³-hybridized carbons (Fsp3) is 0.609. The molecule has 0 fully saturated rings. The average Bonchev–Trinajstić information content (AvgIpc) is 3.13. The molecule has 1 aliphatic rings. The number of hydrogen-bond acceptors (Lipinski definition) is 6. The third-order valence-corrected chi connectivity index (χ3v) is 9.73. The van der Waals surface area contributed by atoms with Gasteiger partial charge >= 0.3 is 5.97 Å². The number of likely N-dealkylation sites (N-methyl/N-ethyl adjacent to an activating group) is 1. The van der Waals surface area contributed by atoms with Crippen LogP contribution in [-0.4, -0.2) is 65.4 Å². The Balaban J connectivity index is 1.81. The largest absolute Gasteiger partial charge is 0.481 e. The summed E-state index contributed by atoms with van der Waals surface area (Å²) in [5.74, 6) is -1.27. The Labute approximate surface area is 206 Å². The Kier molecular flexibility index (Phi) is 10.7. The number of rotatable bonds is 14. The van der Waals surface area contributed by atoms with Gasteiger partial charge in [0, 0.05) is 38.0 Å². The number of allylic oxidation sites excluding steroid dienone is 1. The van der Waals surface area contributed by atoms with Crippen LogP contribution >= 0.6 is 23.4 Å². The van der Waals surface area contributed by atoms with Gasteiger partial charge in [-0.3, -0.25) is 4.79 Å². The second kappa shape index (κ2) is 12.6. The van der Waals surface area contributed by atoms with Gasteiger partial charge in [-0.1, -0.05) is 48.2 Å². The van der Waals surface area contributed by atoms with E-state index in [1.807, 2.05) is 18.2 Å². The smallest absolute Gasteiger partial charge is 0.303 e. The Morgan fingerprint density at radius 1 is 1.30 bits per heavy atom. The van der Waals surface area contributed by atoms with E-state index in [-0.39, 0.29) is 41.6 Å². The van der Waals surface area contributed by atoms with Crippen molar-refractivity contribution in [3.8, 4) is 0 Å². The van der Waals surface area contributed by atoms with Crippen molar-refractivity contribution in [2.75, 3.05) is 20.1 Å². The van der Waals surface area contributed by atoms with Crippen molar-refractivity contribution in [3.63, 3.8) is 0 Å². The number of sulfonamides is 1. The lowest BCUT2D eigenvalue weighted by Crippen LogP contribution is -2.46. The van der Waals surface area contributed by atoms with E-state index in [0.29, 0.717) is 0 Å². The summed E-state index contributed by atoms with van der Waals surface area (Å²) in [6, 6.07) is 10.3. The molecule has 3 atom stereocenters. The highest BCUT2D eigenvalue weighted by Crippen LogP contribution is 2.44. The highest BCUT2D eigenvalue weighted by molar-refractivity contribution is 8.19. The van der Waals surface area contributed by atoms with Gasteiger partial charge in [0.05, 0.1) is 10.8 Å². The summed E-state index contributed by atoms with van der Waals surface area (Å²) in [5, 5.41) is 22.7. The first kappa shape index (κ1) is 28.1. The zero-order valence-electron chi connectivity index (χ0n) is 19.4. The van der Waals surface area contributed by atoms with Crippen molar-refractivity contribution in [2.24, 2.45) is 5.92 Å². The van der Waals surface area contributed by atoms with Crippen LogP contribution in [0.25, 0.3) is 0 Å². The molecule has 0 saturated carbocycles. The number of nitrogens with zero attached hydrogens (tertiary/aromatic N) is 1. The van der Waals surface area contributed by atoms with E-state index in [0.717, 1.165) is 35.3 Å². The first-order valence-electron chi connectivity index (χ1n) is 11.1. The molecule has 3 N–H and O–H groups in total. The highest BCUT2D eigenvalue weighted by Gasteiger charge is 2.36. The second-order valence-corrected chi connectivity index (χ2v) is 13.3. The molecule has 0 bridgehead atoms. The van der Waals surface area contributed by atoms with Gasteiger partial charge in [-0.15, -0.1) is 11.6 Å². The van der Waals surface area contributed by atoms with E-state index >= 15 is 0 Å². The normalized spacial score (nSPS) is 20.1. The number of hydrogen-bond donors (Lipinski definition) is 3. The molecule has 1 aliphatic heterocycles. The molecule has 2 unspecified atom stereocenters. The number of carboxylic acid groups (broad SMARTS) is 1. The zero-order chi connectivity index (χ0) is 24.6. The maximum Gasteiger partial charge on any atom is 0.303 e. The lowest BCUT2D eigenvalue weighted by molar-refractivity contribution is -0.137. The van der Waals surface area contributed by atoms with Gasteiger partial charge in [0.15, 0.2) is 0 Å². The van der Waals surface area contributed by atoms with E-state index < -0.39 is 26.8 Å².